The first-order chi connectivity index (χ1) is 8.13. The summed E-state index contributed by atoms with van der Waals surface area (Å²) in [5.41, 5.74) is 7.49. The fraction of sp³-hybridized carbons (Fsp3) is 0.250. The Bertz CT molecular complexity index is 524. The SMILES string of the molecule is CCn1ncc(Cl)c1C(N)c1cccc(F)c1. The van der Waals surface area contributed by atoms with E-state index >= 15 is 0 Å². The topological polar surface area (TPSA) is 43.8 Å². The highest BCUT2D eigenvalue weighted by atomic mass is 35.5. The minimum atomic E-state index is -0.472. The molecule has 17 heavy (non-hydrogen) atoms. The molecular formula is C12H13ClFN3. The van der Waals surface area contributed by atoms with Crippen molar-refractivity contribution in [1.82, 2.24) is 9.78 Å². The first kappa shape index (κ1) is 12.1. The van der Waals surface area contributed by atoms with Crippen LogP contribution < -0.4 is 5.73 Å². The summed E-state index contributed by atoms with van der Waals surface area (Å²) < 4.78 is 14.9. The Morgan fingerprint density at radius 3 is 2.94 bits per heavy atom. The number of nitrogens with zero attached hydrogens (tertiary/aromatic N) is 2. The van der Waals surface area contributed by atoms with Crippen molar-refractivity contribution in [2.75, 3.05) is 0 Å². The summed E-state index contributed by atoms with van der Waals surface area (Å²) in [5.74, 6) is -0.309. The van der Waals surface area contributed by atoms with Crippen LogP contribution in [0.2, 0.25) is 5.02 Å². The Hall–Kier alpha value is -1.39. The molecule has 1 atom stereocenters. The summed E-state index contributed by atoms with van der Waals surface area (Å²) in [7, 11) is 0. The Kier molecular flexibility index (Phi) is 3.45. The van der Waals surface area contributed by atoms with Crippen molar-refractivity contribution < 1.29 is 4.39 Å². The van der Waals surface area contributed by atoms with Gasteiger partial charge in [-0.15, -0.1) is 0 Å². The Balaban J connectivity index is 2.43. The predicted molar refractivity (Wildman–Crippen MR) is 65.3 cm³/mol. The predicted octanol–water partition coefficient (Wildman–Crippen LogP) is 2.74. The maximum atomic E-state index is 13.1. The van der Waals surface area contributed by atoms with E-state index in [1.807, 2.05) is 6.92 Å². The fourth-order valence-corrected chi connectivity index (χ4v) is 2.05. The smallest absolute Gasteiger partial charge is 0.123 e. The normalized spacial score (nSPS) is 12.7. The van der Waals surface area contributed by atoms with Gasteiger partial charge in [-0.2, -0.15) is 5.10 Å². The van der Waals surface area contributed by atoms with Gasteiger partial charge in [-0.05, 0) is 24.6 Å². The summed E-state index contributed by atoms with van der Waals surface area (Å²) in [6, 6.07) is 5.73. The molecule has 2 aromatic rings. The van der Waals surface area contributed by atoms with Crippen molar-refractivity contribution in [1.29, 1.82) is 0 Å². The minimum absolute atomic E-state index is 0.309. The molecule has 2 rings (SSSR count). The van der Waals surface area contributed by atoms with Gasteiger partial charge in [0.25, 0.3) is 0 Å². The Morgan fingerprint density at radius 2 is 2.29 bits per heavy atom. The quantitative estimate of drug-likeness (QED) is 0.914. The molecule has 90 valence electrons. The second kappa shape index (κ2) is 4.85. The number of nitrogens with two attached hydrogens (primary N) is 1. The first-order valence-corrected chi connectivity index (χ1v) is 5.73. The van der Waals surface area contributed by atoms with Crippen LogP contribution in [-0.2, 0) is 6.54 Å². The van der Waals surface area contributed by atoms with Crippen molar-refractivity contribution >= 4 is 11.6 Å². The second-order valence-corrected chi connectivity index (χ2v) is 4.13. The molecule has 0 aliphatic rings. The van der Waals surface area contributed by atoms with Crippen molar-refractivity contribution in [2.24, 2.45) is 5.73 Å². The number of aryl methyl sites for hydroxylation is 1. The molecule has 0 radical (unpaired) electrons. The van der Waals surface area contributed by atoms with E-state index in [4.69, 9.17) is 17.3 Å². The molecular weight excluding hydrogens is 241 g/mol. The molecule has 0 saturated heterocycles. The zero-order chi connectivity index (χ0) is 12.4. The van der Waals surface area contributed by atoms with E-state index in [0.29, 0.717) is 22.8 Å². The highest BCUT2D eigenvalue weighted by molar-refractivity contribution is 6.31. The van der Waals surface area contributed by atoms with Crippen LogP contribution in [0.3, 0.4) is 0 Å². The van der Waals surface area contributed by atoms with Crippen molar-refractivity contribution in [3.8, 4) is 0 Å². The second-order valence-electron chi connectivity index (χ2n) is 3.73. The highest BCUT2D eigenvalue weighted by Crippen LogP contribution is 2.26. The maximum absolute atomic E-state index is 13.1. The van der Waals surface area contributed by atoms with E-state index in [1.54, 1.807) is 23.0 Å². The summed E-state index contributed by atoms with van der Waals surface area (Å²) >= 11 is 6.05. The zero-order valence-electron chi connectivity index (χ0n) is 9.40. The standard InChI is InChI=1S/C12H13ClFN3/c1-2-17-12(10(13)7-16-17)11(15)8-4-3-5-9(14)6-8/h3-7,11H,2,15H2,1H3. The third kappa shape index (κ3) is 2.33. The molecule has 0 aliphatic carbocycles. The molecule has 1 heterocycles. The van der Waals surface area contributed by atoms with Gasteiger partial charge in [0.1, 0.15) is 5.82 Å². The van der Waals surface area contributed by atoms with Gasteiger partial charge in [-0.3, -0.25) is 4.68 Å². The van der Waals surface area contributed by atoms with Gasteiger partial charge in [0.15, 0.2) is 0 Å². The molecule has 3 nitrogen and oxygen atoms in total. The lowest BCUT2D eigenvalue weighted by molar-refractivity contribution is 0.594. The molecule has 1 aromatic carbocycles. The van der Waals surface area contributed by atoms with E-state index in [-0.39, 0.29) is 5.82 Å². The zero-order valence-corrected chi connectivity index (χ0v) is 10.2. The Labute approximate surface area is 104 Å². The number of hydrogen-bond acceptors (Lipinski definition) is 2. The van der Waals surface area contributed by atoms with E-state index in [2.05, 4.69) is 5.10 Å². The summed E-state index contributed by atoms with van der Waals surface area (Å²) in [6.07, 6.45) is 1.56. The third-order valence-corrected chi connectivity index (χ3v) is 2.93. The lowest BCUT2D eigenvalue weighted by Gasteiger charge is -2.14. The highest BCUT2D eigenvalue weighted by Gasteiger charge is 2.18. The summed E-state index contributed by atoms with van der Waals surface area (Å²) in [4.78, 5) is 0. The van der Waals surface area contributed by atoms with Crippen LogP contribution in [0.5, 0.6) is 0 Å². The van der Waals surface area contributed by atoms with Crippen LogP contribution in [0.4, 0.5) is 4.39 Å². The summed E-state index contributed by atoms with van der Waals surface area (Å²) in [5, 5.41) is 4.62. The maximum Gasteiger partial charge on any atom is 0.123 e. The van der Waals surface area contributed by atoms with Gasteiger partial charge in [-0.25, -0.2) is 4.39 Å². The van der Waals surface area contributed by atoms with Gasteiger partial charge in [0, 0.05) is 6.54 Å². The van der Waals surface area contributed by atoms with Crippen LogP contribution in [0.25, 0.3) is 0 Å². The van der Waals surface area contributed by atoms with Gasteiger partial charge in [0.05, 0.1) is 23.0 Å². The van der Waals surface area contributed by atoms with Gasteiger partial charge in [0.2, 0.25) is 0 Å². The average molecular weight is 254 g/mol. The molecule has 0 amide bonds. The van der Waals surface area contributed by atoms with E-state index in [1.165, 1.54) is 12.1 Å². The number of rotatable bonds is 3. The third-order valence-electron chi connectivity index (χ3n) is 2.64. The van der Waals surface area contributed by atoms with Crippen molar-refractivity contribution in [3.05, 3.63) is 52.6 Å². The number of halogens is 2. The molecule has 0 spiro atoms. The fourth-order valence-electron chi connectivity index (χ4n) is 1.79. The van der Waals surface area contributed by atoms with E-state index < -0.39 is 6.04 Å². The number of benzene rings is 1. The van der Waals surface area contributed by atoms with E-state index in [9.17, 15) is 4.39 Å². The van der Waals surface area contributed by atoms with Crippen LogP contribution in [0.15, 0.2) is 30.5 Å². The molecule has 0 aliphatic heterocycles. The van der Waals surface area contributed by atoms with Crippen molar-refractivity contribution in [2.45, 2.75) is 19.5 Å². The molecule has 2 N–H and O–H groups in total. The molecule has 1 aromatic heterocycles. The molecule has 0 saturated carbocycles. The largest absolute Gasteiger partial charge is 0.319 e. The van der Waals surface area contributed by atoms with Crippen molar-refractivity contribution in [3.63, 3.8) is 0 Å². The van der Waals surface area contributed by atoms with Gasteiger partial charge >= 0.3 is 0 Å². The van der Waals surface area contributed by atoms with Crippen LogP contribution >= 0.6 is 11.6 Å². The lowest BCUT2D eigenvalue weighted by Crippen LogP contribution is -2.17. The Morgan fingerprint density at radius 1 is 1.53 bits per heavy atom. The van der Waals surface area contributed by atoms with Gasteiger partial charge < -0.3 is 5.73 Å². The number of aromatic nitrogens is 2. The lowest BCUT2D eigenvalue weighted by atomic mass is 10.0. The molecule has 5 heteroatoms. The molecule has 0 bridgehead atoms. The minimum Gasteiger partial charge on any atom is -0.319 e. The monoisotopic (exact) mass is 253 g/mol. The van der Waals surface area contributed by atoms with Crippen LogP contribution in [0.1, 0.15) is 24.2 Å². The summed E-state index contributed by atoms with van der Waals surface area (Å²) in [6.45, 7) is 2.62. The number of hydrogen-bond donors (Lipinski definition) is 1. The first-order valence-electron chi connectivity index (χ1n) is 5.35. The average Bonchev–Trinajstić information content (AvgIpc) is 2.69. The molecule has 1 unspecified atom stereocenters. The van der Waals surface area contributed by atoms with Gasteiger partial charge in [-0.1, -0.05) is 23.7 Å². The van der Waals surface area contributed by atoms with Crippen LogP contribution in [0, 0.1) is 5.82 Å². The molecule has 0 fully saturated rings. The van der Waals surface area contributed by atoms with Crippen LogP contribution in [-0.4, -0.2) is 9.78 Å². The van der Waals surface area contributed by atoms with E-state index in [0.717, 1.165) is 0 Å².